The molecule has 3 nitrogen and oxygen atoms in total. The van der Waals surface area contributed by atoms with Crippen molar-refractivity contribution in [3.05, 3.63) is 39.9 Å². The molecule has 0 saturated heterocycles. The maximum Gasteiger partial charge on any atom is 0.244 e. The van der Waals surface area contributed by atoms with Gasteiger partial charge in [-0.2, -0.15) is 0 Å². The Morgan fingerprint density at radius 2 is 2.06 bits per heavy atom. The van der Waals surface area contributed by atoms with Crippen LogP contribution in [0.5, 0.6) is 0 Å². The van der Waals surface area contributed by atoms with Gasteiger partial charge in [-0.25, -0.2) is 0 Å². The molecule has 0 bridgehead atoms. The molecule has 0 saturated carbocycles. The molecule has 1 unspecified atom stereocenters. The van der Waals surface area contributed by atoms with E-state index in [1.807, 2.05) is 0 Å². The summed E-state index contributed by atoms with van der Waals surface area (Å²) in [5.41, 5.74) is 0.617. The standard InChI is InChI=1S/C13H15Cl2NO2/c1-9(17)7-8-16-13(18)6-5-10-11(14)3-2-4-12(10)15/h2-6,9,17H,7-8H2,1H3,(H,16,18). The zero-order valence-corrected chi connectivity index (χ0v) is 11.5. The van der Waals surface area contributed by atoms with Gasteiger partial charge in [0, 0.05) is 28.2 Å². The lowest BCUT2D eigenvalue weighted by Crippen LogP contribution is -2.24. The highest BCUT2D eigenvalue weighted by molar-refractivity contribution is 6.37. The zero-order chi connectivity index (χ0) is 13.5. The molecule has 18 heavy (non-hydrogen) atoms. The molecule has 0 spiro atoms. The number of hydrogen-bond acceptors (Lipinski definition) is 2. The van der Waals surface area contributed by atoms with Crippen molar-refractivity contribution >= 4 is 35.2 Å². The molecule has 0 radical (unpaired) electrons. The average molecular weight is 288 g/mol. The van der Waals surface area contributed by atoms with Gasteiger partial charge in [0.25, 0.3) is 0 Å². The van der Waals surface area contributed by atoms with Crippen molar-refractivity contribution in [2.75, 3.05) is 6.54 Å². The van der Waals surface area contributed by atoms with Crippen LogP contribution in [-0.4, -0.2) is 23.7 Å². The summed E-state index contributed by atoms with van der Waals surface area (Å²) >= 11 is 11.9. The highest BCUT2D eigenvalue weighted by atomic mass is 35.5. The summed E-state index contributed by atoms with van der Waals surface area (Å²) in [6, 6.07) is 5.15. The summed E-state index contributed by atoms with van der Waals surface area (Å²) in [6.07, 6.45) is 3.04. The molecule has 1 rings (SSSR count). The first kappa shape index (κ1) is 15.0. The third kappa shape index (κ3) is 5.08. The van der Waals surface area contributed by atoms with Gasteiger partial charge in [0.1, 0.15) is 0 Å². The van der Waals surface area contributed by atoms with E-state index >= 15 is 0 Å². The summed E-state index contributed by atoms with van der Waals surface area (Å²) < 4.78 is 0. The molecule has 98 valence electrons. The third-order valence-electron chi connectivity index (χ3n) is 2.26. The Hall–Kier alpha value is -1.03. The molecule has 0 aliphatic heterocycles. The fourth-order valence-corrected chi connectivity index (χ4v) is 1.82. The summed E-state index contributed by atoms with van der Waals surface area (Å²) in [4.78, 5) is 11.5. The van der Waals surface area contributed by atoms with Gasteiger partial charge in [0.15, 0.2) is 0 Å². The SMILES string of the molecule is CC(O)CCNC(=O)C=Cc1c(Cl)cccc1Cl. The minimum atomic E-state index is -0.424. The van der Waals surface area contributed by atoms with Crippen molar-refractivity contribution in [3.63, 3.8) is 0 Å². The van der Waals surface area contributed by atoms with Crippen molar-refractivity contribution in [1.82, 2.24) is 5.32 Å². The molecular weight excluding hydrogens is 273 g/mol. The average Bonchev–Trinajstić information content (AvgIpc) is 2.27. The first-order chi connectivity index (χ1) is 8.50. The Kier molecular flexibility index (Phi) is 6.19. The minimum absolute atomic E-state index is 0.244. The van der Waals surface area contributed by atoms with E-state index in [1.54, 1.807) is 31.2 Å². The molecule has 0 aromatic heterocycles. The summed E-state index contributed by atoms with van der Waals surface area (Å²) in [5.74, 6) is -0.244. The number of nitrogens with one attached hydrogen (secondary N) is 1. The van der Waals surface area contributed by atoms with Crippen LogP contribution in [0.2, 0.25) is 10.0 Å². The van der Waals surface area contributed by atoms with Crippen molar-refractivity contribution in [1.29, 1.82) is 0 Å². The van der Waals surface area contributed by atoms with Crippen LogP contribution in [0.15, 0.2) is 24.3 Å². The lowest BCUT2D eigenvalue weighted by Gasteiger charge is -2.04. The van der Waals surface area contributed by atoms with E-state index in [4.69, 9.17) is 28.3 Å². The number of amides is 1. The predicted molar refractivity (Wildman–Crippen MR) is 74.8 cm³/mol. The third-order valence-corrected chi connectivity index (χ3v) is 2.92. The molecule has 1 amide bonds. The number of carbonyl (C=O) groups is 1. The van der Waals surface area contributed by atoms with E-state index in [1.165, 1.54) is 6.08 Å². The van der Waals surface area contributed by atoms with Crippen LogP contribution in [0, 0.1) is 0 Å². The van der Waals surface area contributed by atoms with Crippen LogP contribution in [0.25, 0.3) is 6.08 Å². The van der Waals surface area contributed by atoms with Crippen molar-refractivity contribution in [3.8, 4) is 0 Å². The number of rotatable bonds is 5. The maximum atomic E-state index is 11.5. The van der Waals surface area contributed by atoms with Gasteiger partial charge in [-0.3, -0.25) is 4.79 Å². The van der Waals surface area contributed by atoms with Crippen LogP contribution in [-0.2, 0) is 4.79 Å². The second-order valence-electron chi connectivity index (χ2n) is 3.90. The van der Waals surface area contributed by atoms with Crippen LogP contribution >= 0.6 is 23.2 Å². The fourth-order valence-electron chi connectivity index (χ4n) is 1.29. The molecule has 0 fully saturated rings. The van der Waals surface area contributed by atoms with Gasteiger partial charge >= 0.3 is 0 Å². The summed E-state index contributed by atoms with van der Waals surface area (Å²) in [5, 5.41) is 12.7. The summed E-state index contributed by atoms with van der Waals surface area (Å²) in [6.45, 7) is 2.10. The van der Waals surface area contributed by atoms with E-state index in [2.05, 4.69) is 5.32 Å². The van der Waals surface area contributed by atoms with E-state index in [-0.39, 0.29) is 5.91 Å². The normalized spacial score (nSPS) is 12.7. The molecule has 1 atom stereocenters. The van der Waals surface area contributed by atoms with Gasteiger partial charge in [-0.05, 0) is 31.6 Å². The number of benzene rings is 1. The second-order valence-corrected chi connectivity index (χ2v) is 4.71. The maximum absolute atomic E-state index is 11.5. The number of carbonyl (C=O) groups excluding carboxylic acids is 1. The largest absolute Gasteiger partial charge is 0.393 e. The predicted octanol–water partition coefficient (Wildman–Crippen LogP) is 2.89. The van der Waals surface area contributed by atoms with E-state index in [0.717, 1.165) is 0 Å². The van der Waals surface area contributed by atoms with Crippen LogP contribution < -0.4 is 5.32 Å². The Morgan fingerprint density at radius 3 is 2.61 bits per heavy atom. The van der Waals surface area contributed by atoms with Crippen molar-refractivity contribution < 1.29 is 9.90 Å². The molecule has 0 aliphatic carbocycles. The zero-order valence-electron chi connectivity index (χ0n) is 9.99. The highest BCUT2D eigenvalue weighted by Crippen LogP contribution is 2.25. The molecule has 2 N–H and O–H groups in total. The lowest BCUT2D eigenvalue weighted by molar-refractivity contribution is -0.116. The van der Waals surface area contributed by atoms with Crippen LogP contribution in [0.1, 0.15) is 18.9 Å². The molecule has 1 aromatic rings. The number of aliphatic hydroxyl groups excluding tert-OH is 1. The van der Waals surface area contributed by atoms with Crippen LogP contribution in [0.3, 0.4) is 0 Å². The number of aliphatic hydroxyl groups is 1. The molecule has 5 heteroatoms. The van der Waals surface area contributed by atoms with Gasteiger partial charge in [-0.15, -0.1) is 0 Å². The fraction of sp³-hybridized carbons (Fsp3) is 0.308. The molecule has 0 aliphatic rings. The topological polar surface area (TPSA) is 49.3 Å². The van der Waals surface area contributed by atoms with Gasteiger partial charge in [-0.1, -0.05) is 29.3 Å². The monoisotopic (exact) mass is 287 g/mol. The number of hydrogen-bond donors (Lipinski definition) is 2. The van der Waals surface area contributed by atoms with E-state index in [9.17, 15) is 4.79 Å². The molecule has 1 aromatic carbocycles. The van der Waals surface area contributed by atoms with Gasteiger partial charge < -0.3 is 10.4 Å². The lowest BCUT2D eigenvalue weighted by atomic mass is 10.2. The minimum Gasteiger partial charge on any atom is -0.393 e. The van der Waals surface area contributed by atoms with Crippen molar-refractivity contribution in [2.45, 2.75) is 19.4 Å². The van der Waals surface area contributed by atoms with Gasteiger partial charge in [0.05, 0.1) is 6.10 Å². The second kappa shape index (κ2) is 7.41. The van der Waals surface area contributed by atoms with E-state index < -0.39 is 6.10 Å². The Labute approximate surface area is 116 Å². The van der Waals surface area contributed by atoms with Crippen LogP contribution in [0.4, 0.5) is 0 Å². The quantitative estimate of drug-likeness (QED) is 0.818. The van der Waals surface area contributed by atoms with Crippen molar-refractivity contribution in [2.24, 2.45) is 0 Å². The Morgan fingerprint density at radius 1 is 1.44 bits per heavy atom. The summed E-state index contributed by atoms with van der Waals surface area (Å²) in [7, 11) is 0. The van der Waals surface area contributed by atoms with Gasteiger partial charge in [0.2, 0.25) is 5.91 Å². The highest BCUT2D eigenvalue weighted by Gasteiger charge is 2.02. The first-order valence-corrected chi connectivity index (χ1v) is 6.34. The molecular formula is C13H15Cl2NO2. The Balaban J connectivity index is 2.56. The smallest absolute Gasteiger partial charge is 0.244 e. The number of halogens is 2. The van der Waals surface area contributed by atoms with E-state index in [0.29, 0.717) is 28.6 Å². The first-order valence-electron chi connectivity index (χ1n) is 5.58. The molecule has 0 heterocycles. The Bertz CT molecular complexity index is 424.